The quantitative estimate of drug-likeness (QED) is 0.320. The van der Waals surface area contributed by atoms with Crippen LogP contribution in [-0.4, -0.2) is 50.4 Å². The van der Waals surface area contributed by atoms with Gasteiger partial charge in [0.25, 0.3) is 5.69 Å². The fourth-order valence-corrected chi connectivity index (χ4v) is 5.79. The highest BCUT2D eigenvalue weighted by Crippen LogP contribution is 2.31. The van der Waals surface area contributed by atoms with Crippen molar-refractivity contribution in [2.75, 3.05) is 42.9 Å². The molecular weight excluding hydrogens is 511 g/mol. The number of anilines is 2. The van der Waals surface area contributed by atoms with Crippen LogP contribution in [0.15, 0.2) is 71.6 Å². The van der Waals surface area contributed by atoms with Crippen LogP contribution in [0.4, 0.5) is 17.1 Å². The summed E-state index contributed by atoms with van der Waals surface area (Å²) in [5.41, 5.74) is 2.37. The smallest absolute Gasteiger partial charge is 0.292 e. The number of hydrogen-bond acceptors (Lipinski definition) is 6. The molecule has 3 aromatic rings. The van der Waals surface area contributed by atoms with E-state index in [1.165, 1.54) is 28.6 Å². The summed E-state index contributed by atoms with van der Waals surface area (Å²) in [4.78, 5) is 13.2. The van der Waals surface area contributed by atoms with Crippen LogP contribution in [0.5, 0.6) is 0 Å². The molecule has 0 atom stereocenters. The van der Waals surface area contributed by atoms with Gasteiger partial charge in [-0.2, -0.15) is 4.31 Å². The lowest BCUT2D eigenvalue weighted by Crippen LogP contribution is -2.48. The average Bonchev–Trinajstić information content (AvgIpc) is 2.86. The Morgan fingerprint density at radius 1 is 0.914 bits per heavy atom. The van der Waals surface area contributed by atoms with Crippen molar-refractivity contribution in [3.63, 3.8) is 0 Å². The third kappa shape index (κ3) is 5.87. The van der Waals surface area contributed by atoms with E-state index in [4.69, 9.17) is 23.2 Å². The van der Waals surface area contributed by atoms with Crippen molar-refractivity contribution in [2.45, 2.75) is 11.3 Å². The molecule has 0 saturated carbocycles. The first-order valence-electron chi connectivity index (χ1n) is 11.0. The number of nitrogens with one attached hydrogen (secondary N) is 1. The van der Waals surface area contributed by atoms with Gasteiger partial charge >= 0.3 is 0 Å². The highest BCUT2D eigenvalue weighted by Gasteiger charge is 2.29. The van der Waals surface area contributed by atoms with E-state index in [-0.39, 0.29) is 28.7 Å². The van der Waals surface area contributed by atoms with E-state index in [1.807, 2.05) is 35.2 Å². The summed E-state index contributed by atoms with van der Waals surface area (Å²) in [6.45, 7) is 1.99. The van der Waals surface area contributed by atoms with E-state index < -0.39 is 14.9 Å². The first kappa shape index (κ1) is 25.2. The van der Waals surface area contributed by atoms with Crippen molar-refractivity contribution >= 4 is 50.3 Å². The van der Waals surface area contributed by atoms with Crippen molar-refractivity contribution in [2.24, 2.45) is 0 Å². The predicted molar refractivity (Wildman–Crippen MR) is 139 cm³/mol. The van der Waals surface area contributed by atoms with Gasteiger partial charge in [0.15, 0.2) is 0 Å². The first-order chi connectivity index (χ1) is 16.8. The van der Waals surface area contributed by atoms with Crippen LogP contribution in [0.1, 0.15) is 5.56 Å². The van der Waals surface area contributed by atoms with Crippen molar-refractivity contribution in [1.82, 2.24) is 4.31 Å². The number of hydrogen-bond donors (Lipinski definition) is 1. The number of benzene rings is 3. The summed E-state index contributed by atoms with van der Waals surface area (Å²) in [5, 5.41) is 15.2. The fourth-order valence-electron chi connectivity index (χ4n) is 3.98. The maximum atomic E-state index is 13.0. The predicted octanol–water partition coefficient (Wildman–Crippen LogP) is 5.07. The molecule has 1 aliphatic heterocycles. The molecule has 3 aromatic carbocycles. The molecule has 35 heavy (non-hydrogen) atoms. The lowest BCUT2D eigenvalue weighted by Gasteiger charge is -2.35. The molecule has 4 rings (SSSR count). The molecule has 1 aliphatic rings. The van der Waals surface area contributed by atoms with Gasteiger partial charge in [0, 0.05) is 44.5 Å². The molecule has 0 unspecified atom stereocenters. The minimum absolute atomic E-state index is 0.00245. The lowest BCUT2D eigenvalue weighted by molar-refractivity contribution is -0.383. The van der Waals surface area contributed by atoms with Crippen molar-refractivity contribution in [3.05, 3.63) is 92.5 Å². The minimum atomic E-state index is -3.71. The van der Waals surface area contributed by atoms with Crippen LogP contribution in [0.2, 0.25) is 10.0 Å². The zero-order valence-corrected chi connectivity index (χ0v) is 21.1. The number of piperazine rings is 1. The SMILES string of the molecule is O=[N+]([O-])c1ccc(N2CCN(S(=O)(=O)c3ccc(Cl)c(Cl)c3)CC2)cc1NCCc1ccccc1. The van der Waals surface area contributed by atoms with E-state index >= 15 is 0 Å². The second kappa shape index (κ2) is 10.8. The molecule has 1 N–H and O–H groups in total. The van der Waals surface area contributed by atoms with E-state index in [2.05, 4.69) is 5.32 Å². The summed E-state index contributed by atoms with van der Waals surface area (Å²) in [6, 6.07) is 19.1. The summed E-state index contributed by atoms with van der Waals surface area (Å²) < 4.78 is 27.5. The first-order valence-corrected chi connectivity index (χ1v) is 13.2. The van der Waals surface area contributed by atoms with Gasteiger partial charge in [0.05, 0.1) is 19.9 Å². The second-order valence-electron chi connectivity index (χ2n) is 8.09. The number of nitrogens with zero attached hydrogens (tertiary/aromatic N) is 3. The van der Waals surface area contributed by atoms with Gasteiger partial charge < -0.3 is 10.2 Å². The summed E-state index contributed by atoms with van der Waals surface area (Å²) in [5.74, 6) is 0. The van der Waals surface area contributed by atoms with E-state index in [0.717, 1.165) is 17.7 Å². The molecule has 0 amide bonds. The van der Waals surface area contributed by atoms with Crippen molar-refractivity contribution in [1.29, 1.82) is 0 Å². The Hall–Kier alpha value is -2.85. The molecule has 8 nitrogen and oxygen atoms in total. The normalized spacial score (nSPS) is 14.6. The Bertz CT molecular complexity index is 1310. The lowest BCUT2D eigenvalue weighted by atomic mass is 10.1. The van der Waals surface area contributed by atoms with Gasteiger partial charge in [-0.25, -0.2) is 8.42 Å². The highest BCUT2D eigenvalue weighted by molar-refractivity contribution is 7.89. The largest absolute Gasteiger partial charge is 0.379 e. The Labute approximate surface area is 214 Å². The maximum Gasteiger partial charge on any atom is 0.292 e. The average molecular weight is 535 g/mol. The minimum Gasteiger partial charge on any atom is -0.379 e. The fraction of sp³-hybridized carbons (Fsp3) is 0.250. The zero-order chi connectivity index (χ0) is 25.0. The highest BCUT2D eigenvalue weighted by atomic mass is 35.5. The molecule has 0 spiro atoms. The second-order valence-corrected chi connectivity index (χ2v) is 10.8. The zero-order valence-electron chi connectivity index (χ0n) is 18.7. The topological polar surface area (TPSA) is 95.8 Å². The molecule has 0 aromatic heterocycles. The van der Waals surface area contributed by atoms with Gasteiger partial charge in [-0.3, -0.25) is 10.1 Å². The molecule has 1 saturated heterocycles. The summed E-state index contributed by atoms with van der Waals surface area (Å²) in [7, 11) is -3.71. The van der Waals surface area contributed by atoms with Gasteiger partial charge in [-0.1, -0.05) is 53.5 Å². The van der Waals surface area contributed by atoms with Gasteiger partial charge in [0.1, 0.15) is 5.69 Å². The molecule has 0 bridgehead atoms. The Morgan fingerprint density at radius 2 is 1.63 bits per heavy atom. The third-order valence-electron chi connectivity index (χ3n) is 5.88. The third-order valence-corrected chi connectivity index (χ3v) is 8.52. The van der Waals surface area contributed by atoms with Crippen LogP contribution >= 0.6 is 23.2 Å². The Balaban J connectivity index is 1.44. The summed E-state index contributed by atoms with van der Waals surface area (Å²) in [6.07, 6.45) is 0.730. The molecule has 11 heteroatoms. The number of nitro benzene ring substituents is 1. The number of rotatable bonds is 8. The van der Waals surface area contributed by atoms with Crippen LogP contribution in [-0.2, 0) is 16.4 Å². The van der Waals surface area contributed by atoms with Crippen molar-refractivity contribution in [3.8, 4) is 0 Å². The number of sulfonamides is 1. The van der Waals surface area contributed by atoms with Gasteiger partial charge in [-0.15, -0.1) is 0 Å². The number of halogens is 2. The van der Waals surface area contributed by atoms with Crippen LogP contribution in [0, 0.1) is 10.1 Å². The number of nitro groups is 1. The molecule has 0 aliphatic carbocycles. The Morgan fingerprint density at radius 3 is 2.29 bits per heavy atom. The van der Waals surface area contributed by atoms with Crippen LogP contribution < -0.4 is 10.2 Å². The van der Waals surface area contributed by atoms with E-state index in [1.54, 1.807) is 12.1 Å². The Kier molecular flexibility index (Phi) is 7.81. The van der Waals surface area contributed by atoms with Crippen LogP contribution in [0.25, 0.3) is 0 Å². The van der Waals surface area contributed by atoms with Gasteiger partial charge in [0.2, 0.25) is 10.0 Å². The van der Waals surface area contributed by atoms with Gasteiger partial charge in [-0.05, 0) is 42.3 Å². The van der Waals surface area contributed by atoms with Crippen LogP contribution in [0.3, 0.4) is 0 Å². The molecule has 184 valence electrons. The monoisotopic (exact) mass is 534 g/mol. The maximum absolute atomic E-state index is 13.0. The molecular formula is C24H24Cl2N4O4S. The van der Waals surface area contributed by atoms with E-state index in [0.29, 0.717) is 30.3 Å². The molecule has 1 fully saturated rings. The van der Waals surface area contributed by atoms with Crippen molar-refractivity contribution < 1.29 is 13.3 Å². The van der Waals surface area contributed by atoms with E-state index in [9.17, 15) is 18.5 Å². The standard InChI is InChI=1S/C24H24Cl2N4O4S/c25-21-8-7-20(17-22(21)26)35(33,34)29-14-12-28(13-15-29)19-6-9-24(30(31)32)23(16-19)27-11-10-18-4-2-1-3-5-18/h1-9,16-17,27H,10-15H2. The molecule has 0 radical (unpaired) electrons. The summed E-state index contributed by atoms with van der Waals surface area (Å²) >= 11 is 11.9. The molecule has 1 heterocycles.